The first-order chi connectivity index (χ1) is 15.0. The Morgan fingerprint density at radius 1 is 1.00 bits per heavy atom. The van der Waals surface area contributed by atoms with Crippen molar-refractivity contribution in [3.05, 3.63) is 64.9 Å². The first kappa shape index (κ1) is 22.5. The first-order valence-electron chi connectivity index (χ1n) is 9.87. The van der Waals surface area contributed by atoms with Gasteiger partial charge >= 0.3 is 11.9 Å². The van der Waals surface area contributed by atoms with E-state index in [1.807, 2.05) is 35.0 Å². The van der Waals surface area contributed by atoms with Crippen LogP contribution in [-0.4, -0.2) is 50.0 Å². The molecule has 0 fully saturated rings. The molecule has 0 aliphatic carbocycles. The van der Waals surface area contributed by atoms with Crippen molar-refractivity contribution in [1.29, 1.82) is 0 Å². The number of hydrogen-bond donors (Lipinski definition) is 3. The largest absolute Gasteiger partial charge is 0.481 e. The van der Waals surface area contributed by atoms with Gasteiger partial charge in [0.1, 0.15) is 0 Å². The highest BCUT2D eigenvalue weighted by Crippen LogP contribution is 2.31. The molecule has 0 spiro atoms. The van der Waals surface area contributed by atoms with Crippen LogP contribution in [0, 0.1) is 0 Å². The molecule has 0 bridgehead atoms. The van der Waals surface area contributed by atoms with E-state index in [2.05, 4.69) is 21.5 Å². The number of fused-ring (bicyclic) bond motifs is 1. The normalized spacial score (nSPS) is 12.8. The van der Waals surface area contributed by atoms with Gasteiger partial charge in [0.15, 0.2) is 0 Å². The summed E-state index contributed by atoms with van der Waals surface area (Å²) in [6.45, 7) is 1.96. The smallest absolute Gasteiger partial charge is 0.303 e. The lowest BCUT2D eigenvalue weighted by Gasteiger charge is -2.16. The zero-order valence-corrected chi connectivity index (χ0v) is 17.5. The third-order valence-corrected chi connectivity index (χ3v) is 5.09. The highest BCUT2D eigenvalue weighted by Gasteiger charge is 2.19. The molecule has 0 saturated heterocycles. The fraction of sp³-hybridized carbons (Fsp3) is 0.273. The van der Waals surface area contributed by atoms with Gasteiger partial charge in [-0.3, -0.25) is 14.6 Å². The van der Waals surface area contributed by atoms with Gasteiger partial charge in [-0.25, -0.2) is 4.68 Å². The molecule has 3 aromatic rings. The number of nitrogens with one attached hydrogen (secondary N) is 1. The minimum atomic E-state index is -1.08. The van der Waals surface area contributed by atoms with Crippen LogP contribution in [0.4, 0.5) is 0 Å². The number of pyridine rings is 1. The summed E-state index contributed by atoms with van der Waals surface area (Å²) < 4.78 is 1.93. The van der Waals surface area contributed by atoms with Gasteiger partial charge in [-0.1, -0.05) is 23.7 Å². The monoisotopic (exact) mass is 442 g/mol. The van der Waals surface area contributed by atoms with E-state index in [1.54, 1.807) is 12.4 Å². The maximum absolute atomic E-state index is 9.64. The number of benzene rings is 1. The summed E-state index contributed by atoms with van der Waals surface area (Å²) in [5, 5.41) is 24.5. The van der Waals surface area contributed by atoms with Gasteiger partial charge in [-0.05, 0) is 61.3 Å². The molecule has 3 N–H and O–H groups in total. The molecule has 9 heteroatoms. The van der Waals surface area contributed by atoms with Crippen LogP contribution < -0.4 is 5.32 Å². The fourth-order valence-corrected chi connectivity index (χ4v) is 3.61. The number of nitrogens with zero attached hydrogens (tertiary/aromatic N) is 3. The van der Waals surface area contributed by atoms with E-state index in [9.17, 15) is 9.59 Å². The Morgan fingerprint density at radius 2 is 1.74 bits per heavy atom. The number of halogens is 1. The Labute approximate surface area is 184 Å². The minimum Gasteiger partial charge on any atom is -0.481 e. The SMILES string of the molecule is Clc1ccc2c(c1-n1nccc1-c1ccccn1)CCNCC2.O=C(O)CCC(=O)O. The van der Waals surface area contributed by atoms with E-state index < -0.39 is 11.9 Å². The second-order valence-corrected chi connectivity index (χ2v) is 7.32. The summed E-state index contributed by atoms with van der Waals surface area (Å²) in [7, 11) is 0. The Hall–Kier alpha value is -3.23. The van der Waals surface area contributed by atoms with E-state index in [4.69, 9.17) is 21.8 Å². The second-order valence-electron chi connectivity index (χ2n) is 6.91. The van der Waals surface area contributed by atoms with Crippen LogP contribution >= 0.6 is 11.6 Å². The number of aromatic nitrogens is 3. The van der Waals surface area contributed by atoms with Crippen LogP contribution in [-0.2, 0) is 22.4 Å². The molecule has 2 aromatic heterocycles. The Morgan fingerprint density at radius 3 is 2.42 bits per heavy atom. The molecule has 1 aliphatic heterocycles. The van der Waals surface area contributed by atoms with Gasteiger partial charge in [0.05, 0.1) is 41.1 Å². The molecule has 162 valence electrons. The van der Waals surface area contributed by atoms with E-state index in [-0.39, 0.29) is 12.8 Å². The van der Waals surface area contributed by atoms with Gasteiger partial charge in [0.2, 0.25) is 0 Å². The summed E-state index contributed by atoms with van der Waals surface area (Å²) >= 11 is 6.56. The van der Waals surface area contributed by atoms with E-state index in [0.717, 1.165) is 48.0 Å². The van der Waals surface area contributed by atoms with Crippen LogP contribution in [0.25, 0.3) is 17.1 Å². The molecular formula is C22H23ClN4O4. The average molecular weight is 443 g/mol. The summed E-state index contributed by atoms with van der Waals surface area (Å²) in [5.74, 6) is -2.15. The quantitative estimate of drug-likeness (QED) is 0.555. The van der Waals surface area contributed by atoms with Gasteiger partial charge in [0, 0.05) is 6.20 Å². The third kappa shape index (κ3) is 5.90. The van der Waals surface area contributed by atoms with Crippen molar-refractivity contribution in [2.24, 2.45) is 0 Å². The molecule has 8 nitrogen and oxygen atoms in total. The van der Waals surface area contributed by atoms with Crippen LogP contribution in [0.1, 0.15) is 24.0 Å². The van der Waals surface area contributed by atoms with Crippen molar-refractivity contribution in [2.45, 2.75) is 25.7 Å². The standard InChI is InChI=1S/C18H17ClN4.C4H6O4/c19-15-5-4-13-6-10-20-11-7-14(13)18(15)23-17(8-12-22-23)16-3-1-2-9-21-16;5-3(6)1-2-4(7)8/h1-5,8-9,12,20H,6-7,10-11H2;1-2H2,(H,5,6)(H,7,8). The molecule has 31 heavy (non-hydrogen) atoms. The summed E-state index contributed by atoms with van der Waals surface area (Å²) in [6, 6.07) is 12.0. The zero-order valence-electron chi connectivity index (χ0n) is 16.8. The number of carboxylic acid groups (broad SMARTS) is 2. The summed E-state index contributed by atoms with van der Waals surface area (Å²) in [6.07, 6.45) is 4.97. The summed E-state index contributed by atoms with van der Waals surface area (Å²) in [4.78, 5) is 23.7. The molecule has 1 aliphatic rings. The van der Waals surface area contributed by atoms with Crippen LogP contribution in [0.2, 0.25) is 5.02 Å². The minimum absolute atomic E-state index is 0.296. The van der Waals surface area contributed by atoms with Gasteiger partial charge in [-0.15, -0.1) is 0 Å². The highest BCUT2D eigenvalue weighted by atomic mass is 35.5. The first-order valence-corrected chi connectivity index (χ1v) is 10.3. The number of rotatable bonds is 5. The maximum Gasteiger partial charge on any atom is 0.303 e. The maximum atomic E-state index is 9.64. The van der Waals surface area contributed by atoms with Crippen molar-refractivity contribution in [1.82, 2.24) is 20.1 Å². The molecule has 0 saturated carbocycles. The molecule has 0 unspecified atom stereocenters. The number of carboxylic acids is 2. The van der Waals surface area contributed by atoms with Gasteiger partial charge in [0.25, 0.3) is 0 Å². The van der Waals surface area contributed by atoms with Crippen molar-refractivity contribution in [3.63, 3.8) is 0 Å². The van der Waals surface area contributed by atoms with E-state index >= 15 is 0 Å². The third-order valence-electron chi connectivity index (χ3n) is 4.79. The predicted octanol–water partition coefficient (Wildman–Crippen LogP) is 3.21. The molecule has 0 radical (unpaired) electrons. The number of carbonyl (C=O) groups is 2. The van der Waals surface area contributed by atoms with Crippen molar-refractivity contribution >= 4 is 23.5 Å². The Bertz CT molecular complexity index is 1040. The van der Waals surface area contributed by atoms with E-state index in [1.165, 1.54) is 11.1 Å². The lowest BCUT2D eigenvalue weighted by Crippen LogP contribution is -2.16. The van der Waals surface area contributed by atoms with Crippen LogP contribution in [0.5, 0.6) is 0 Å². The Balaban J connectivity index is 0.000000293. The molecule has 1 aromatic carbocycles. The lowest BCUT2D eigenvalue weighted by atomic mass is 10.0. The summed E-state index contributed by atoms with van der Waals surface area (Å²) in [5.41, 5.74) is 5.46. The van der Waals surface area contributed by atoms with Crippen molar-refractivity contribution < 1.29 is 19.8 Å². The zero-order chi connectivity index (χ0) is 22.2. The number of aliphatic carboxylic acids is 2. The molecule has 4 rings (SSSR count). The van der Waals surface area contributed by atoms with Crippen molar-refractivity contribution in [3.8, 4) is 17.1 Å². The van der Waals surface area contributed by atoms with Crippen LogP contribution in [0.15, 0.2) is 48.8 Å². The second kappa shape index (κ2) is 10.7. The number of hydrogen-bond acceptors (Lipinski definition) is 5. The van der Waals surface area contributed by atoms with Gasteiger partial charge in [-0.2, -0.15) is 5.10 Å². The molecule has 3 heterocycles. The molecule has 0 amide bonds. The fourth-order valence-electron chi connectivity index (χ4n) is 3.36. The van der Waals surface area contributed by atoms with E-state index in [0.29, 0.717) is 0 Å². The highest BCUT2D eigenvalue weighted by molar-refractivity contribution is 6.32. The molecular weight excluding hydrogens is 420 g/mol. The lowest BCUT2D eigenvalue weighted by molar-refractivity contribution is -0.143. The Kier molecular flexibility index (Phi) is 7.75. The van der Waals surface area contributed by atoms with Crippen LogP contribution in [0.3, 0.4) is 0 Å². The van der Waals surface area contributed by atoms with Gasteiger partial charge < -0.3 is 15.5 Å². The topological polar surface area (TPSA) is 117 Å². The predicted molar refractivity (Wildman–Crippen MR) is 117 cm³/mol. The average Bonchev–Trinajstić information content (AvgIpc) is 3.11. The molecule has 0 atom stereocenters. The van der Waals surface area contributed by atoms with Crippen molar-refractivity contribution in [2.75, 3.05) is 13.1 Å².